The lowest BCUT2D eigenvalue weighted by Gasteiger charge is -1.84. The molecular formula is C6H4N4O4. The van der Waals surface area contributed by atoms with Crippen LogP contribution in [-0.4, -0.2) is 26.1 Å². The van der Waals surface area contributed by atoms with E-state index in [1.54, 1.807) is 0 Å². The minimum Gasteiger partial charge on any atom is -0.358 e. The fraction of sp³-hybridized carbons (Fsp3) is 0.167. The topological polar surface area (TPSA) is 104 Å². The highest BCUT2D eigenvalue weighted by molar-refractivity contribution is 5.97. The van der Waals surface area contributed by atoms with Crippen molar-refractivity contribution < 1.29 is 14.2 Å². The number of nitrogens with zero attached hydrogens (tertiary/aromatic N) is 4. The summed E-state index contributed by atoms with van der Waals surface area (Å²) in [4.78, 5) is 20.3. The minimum absolute atomic E-state index is 0.0347. The van der Waals surface area contributed by atoms with Gasteiger partial charge in [-0.3, -0.25) is 4.79 Å². The van der Waals surface area contributed by atoms with Gasteiger partial charge in [-0.25, -0.2) is 0 Å². The van der Waals surface area contributed by atoms with E-state index in [2.05, 4.69) is 10.3 Å². The Kier molecular flexibility index (Phi) is 1.56. The van der Waals surface area contributed by atoms with Gasteiger partial charge >= 0.3 is 5.82 Å². The molecule has 2 aromatic heterocycles. The lowest BCUT2D eigenvalue weighted by atomic mass is 10.3. The van der Waals surface area contributed by atoms with Crippen LogP contribution < -0.4 is 0 Å². The zero-order valence-corrected chi connectivity index (χ0v) is 7.00. The van der Waals surface area contributed by atoms with Crippen LogP contribution in [-0.2, 0) is 7.05 Å². The van der Waals surface area contributed by atoms with Crippen LogP contribution in [0.1, 0.15) is 10.5 Å². The van der Waals surface area contributed by atoms with E-state index in [-0.39, 0.29) is 16.8 Å². The first kappa shape index (κ1) is 8.35. The molecule has 2 rings (SSSR count). The number of fused-ring (bicyclic) bond motifs is 1. The van der Waals surface area contributed by atoms with Crippen LogP contribution in [0.15, 0.2) is 4.52 Å². The lowest BCUT2D eigenvalue weighted by Crippen LogP contribution is -1.94. The number of carbonyl (C=O) groups excluding carboxylic acids is 1. The Bertz CT molecular complexity index is 525. The Labute approximate surface area is 76.2 Å². The summed E-state index contributed by atoms with van der Waals surface area (Å²) in [5.74, 6) is -0.425. The third-order valence-electron chi connectivity index (χ3n) is 1.75. The summed E-state index contributed by atoms with van der Waals surface area (Å²) in [6, 6.07) is 0. The van der Waals surface area contributed by atoms with E-state index in [9.17, 15) is 14.9 Å². The van der Waals surface area contributed by atoms with Gasteiger partial charge in [0, 0.05) is 0 Å². The number of hydrogen-bond acceptors (Lipinski definition) is 6. The van der Waals surface area contributed by atoms with E-state index < -0.39 is 10.7 Å². The predicted octanol–water partition coefficient (Wildman–Crippen LogP) is 0.282. The highest BCUT2D eigenvalue weighted by atomic mass is 16.6. The Balaban J connectivity index is 2.89. The van der Waals surface area contributed by atoms with Gasteiger partial charge in [0.05, 0.1) is 12.1 Å². The van der Waals surface area contributed by atoms with Crippen molar-refractivity contribution in [1.82, 2.24) is 14.9 Å². The van der Waals surface area contributed by atoms with Gasteiger partial charge in [-0.1, -0.05) is 5.16 Å². The number of carbonyl (C=O) groups is 1. The Morgan fingerprint density at radius 2 is 2.36 bits per heavy atom. The quantitative estimate of drug-likeness (QED) is 0.388. The molecular weight excluding hydrogens is 192 g/mol. The summed E-state index contributed by atoms with van der Waals surface area (Å²) in [7, 11) is 1.47. The first-order valence-electron chi connectivity index (χ1n) is 3.57. The molecule has 0 N–H and O–H groups in total. The maximum Gasteiger partial charge on any atom is 0.403 e. The monoisotopic (exact) mass is 196 g/mol. The van der Waals surface area contributed by atoms with Crippen molar-refractivity contribution in [2.75, 3.05) is 0 Å². The zero-order valence-electron chi connectivity index (χ0n) is 7.00. The molecule has 8 heteroatoms. The van der Waals surface area contributed by atoms with Crippen LogP contribution in [0, 0.1) is 10.1 Å². The molecule has 0 aliphatic heterocycles. The van der Waals surface area contributed by atoms with Crippen molar-refractivity contribution in [3.63, 3.8) is 0 Å². The molecule has 0 fully saturated rings. The number of rotatable bonds is 2. The molecule has 0 amide bonds. The summed E-state index contributed by atoms with van der Waals surface area (Å²) in [6.07, 6.45) is 0.389. The lowest BCUT2D eigenvalue weighted by molar-refractivity contribution is -0.388. The minimum atomic E-state index is -0.688. The molecule has 2 heterocycles. The number of aromatic nitrogens is 3. The second kappa shape index (κ2) is 2.62. The summed E-state index contributed by atoms with van der Waals surface area (Å²) >= 11 is 0. The molecule has 0 spiro atoms. The van der Waals surface area contributed by atoms with E-state index in [1.807, 2.05) is 0 Å². The Morgan fingerprint density at radius 1 is 1.64 bits per heavy atom. The van der Waals surface area contributed by atoms with Crippen LogP contribution in [0.4, 0.5) is 5.82 Å². The van der Waals surface area contributed by atoms with Crippen molar-refractivity contribution in [2.45, 2.75) is 0 Å². The molecule has 0 unspecified atom stereocenters. The smallest absolute Gasteiger partial charge is 0.358 e. The second-order valence-electron chi connectivity index (χ2n) is 2.57. The third-order valence-corrected chi connectivity index (χ3v) is 1.75. The number of nitro groups is 1. The van der Waals surface area contributed by atoms with Gasteiger partial charge in [0.2, 0.25) is 0 Å². The van der Waals surface area contributed by atoms with Gasteiger partial charge in [0.1, 0.15) is 0 Å². The van der Waals surface area contributed by atoms with Crippen LogP contribution in [0.3, 0.4) is 0 Å². The average Bonchev–Trinajstić information content (AvgIpc) is 2.67. The summed E-state index contributed by atoms with van der Waals surface area (Å²) < 4.78 is 5.88. The summed E-state index contributed by atoms with van der Waals surface area (Å²) in [6.45, 7) is 0. The Hall–Kier alpha value is -2.25. The van der Waals surface area contributed by atoms with Crippen LogP contribution in [0.25, 0.3) is 11.1 Å². The van der Waals surface area contributed by atoms with Gasteiger partial charge in [-0.05, 0) is 4.92 Å². The van der Waals surface area contributed by atoms with Crippen molar-refractivity contribution in [2.24, 2.45) is 7.05 Å². The molecule has 0 bridgehead atoms. The van der Waals surface area contributed by atoms with E-state index in [4.69, 9.17) is 4.52 Å². The van der Waals surface area contributed by atoms with E-state index in [0.29, 0.717) is 6.29 Å². The standard InChI is InChI=1S/C6H4N4O4/c1-9-6-4(3(2-11)8-14-6)5(7-9)10(12)13/h2H,1H3. The fourth-order valence-electron chi connectivity index (χ4n) is 1.17. The molecule has 8 nitrogen and oxygen atoms in total. The third kappa shape index (κ3) is 0.903. The summed E-state index contributed by atoms with van der Waals surface area (Å²) in [5.41, 5.74) is -0.00130. The predicted molar refractivity (Wildman–Crippen MR) is 42.8 cm³/mol. The van der Waals surface area contributed by atoms with Crippen molar-refractivity contribution in [3.8, 4) is 0 Å². The highest BCUT2D eigenvalue weighted by Gasteiger charge is 2.27. The van der Waals surface area contributed by atoms with E-state index >= 15 is 0 Å². The maximum absolute atomic E-state index is 10.5. The largest absolute Gasteiger partial charge is 0.403 e. The van der Waals surface area contributed by atoms with Crippen molar-refractivity contribution in [1.29, 1.82) is 0 Å². The van der Waals surface area contributed by atoms with Crippen molar-refractivity contribution >= 4 is 23.2 Å². The second-order valence-corrected chi connectivity index (χ2v) is 2.57. The van der Waals surface area contributed by atoms with Gasteiger partial charge < -0.3 is 14.6 Å². The molecule has 0 saturated heterocycles. The normalized spacial score (nSPS) is 10.6. The number of aldehydes is 1. The molecule has 0 aliphatic rings. The van der Waals surface area contributed by atoms with Crippen LogP contribution in [0.2, 0.25) is 0 Å². The van der Waals surface area contributed by atoms with Gasteiger partial charge in [0.25, 0.3) is 5.71 Å². The Morgan fingerprint density at radius 3 is 2.93 bits per heavy atom. The van der Waals surface area contributed by atoms with Crippen molar-refractivity contribution in [3.05, 3.63) is 15.8 Å². The molecule has 0 radical (unpaired) electrons. The first-order chi connectivity index (χ1) is 6.65. The highest BCUT2D eigenvalue weighted by Crippen LogP contribution is 2.26. The van der Waals surface area contributed by atoms with Crippen LogP contribution >= 0.6 is 0 Å². The fourth-order valence-corrected chi connectivity index (χ4v) is 1.17. The molecule has 14 heavy (non-hydrogen) atoms. The molecule has 72 valence electrons. The first-order valence-corrected chi connectivity index (χ1v) is 3.57. The number of aryl methyl sites for hydroxylation is 1. The molecule has 0 atom stereocenters. The molecule has 0 aromatic carbocycles. The maximum atomic E-state index is 10.5. The van der Waals surface area contributed by atoms with E-state index in [0.717, 1.165) is 4.68 Å². The molecule has 0 saturated carbocycles. The van der Waals surface area contributed by atoms with Crippen LogP contribution in [0.5, 0.6) is 0 Å². The average molecular weight is 196 g/mol. The SMILES string of the molecule is Cn1nc([N+](=O)[O-])c2c(C=O)noc21. The number of hydrogen-bond donors (Lipinski definition) is 0. The van der Waals surface area contributed by atoms with Gasteiger partial charge in [-0.2, -0.15) is 0 Å². The van der Waals surface area contributed by atoms with Gasteiger partial charge in [0.15, 0.2) is 17.4 Å². The molecule has 2 aromatic rings. The molecule has 0 aliphatic carbocycles. The van der Waals surface area contributed by atoms with E-state index in [1.165, 1.54) is 7.05 Å². The van der Waals surface area contributed by atoms with Gasteiger partial charge in [-0.15, -0.1) is 4.68 Å². The zero-order chi connectivity index (χ0) is 10.3. The summed E-state index contributed by atoms with van der Waals surface area (Å²) in [5, 5.41) is 17.5.